The van der Waals surface area contributed by atoms with Gasteiger partial charge in [0.05, 0.1) is 24.0 Å². The molecule has 1 aliphatic heterocycles. The molecule has 3 aliphatic rings. The zero-order valence-corrected chi connectivity index (χ0v) is 27.5. The summed E-state index contributed by atoms with van der Waals surface area (Å²) >= 11 is 0. The number of benzene rings is 1. The van der Waals surface area contributed by atoms with Gasteiger partial charge in [-0.1, -0.05) is 26.0 Å². The van der Waals surface area contributed by atoms with Gasteiger partial charge in [-0.2, -0.15) is 13.2 Å². The van der Waals surface area contributed by atoms with Crippen molar-refractivity contribution in [1.82, 2.24) is 15.0 Å². The molecule has 2 unspecified atom stereocenters. The fraction of sp³-hybridized carbons (Fsp3) is 0.583. The second-order valence-corrected chi connectivity index (χ2v) is 14.4. The van der Waals surface area contributed by atoms with Gasteiger partial charge in [0.15, 0.2) is 6.17 Å². The third kappa shape index (κ3) is 7.20. The Hall–Kier alpha value is -3.25. The Morgan fingerprint density at radius 1 is 0.958 bits per heavy atom. The van der Waals surface area contributed by atoms with Crippen LogP contribution in [0.4, 0.5) is 32.3 Å². The van der Waals surface area contributed by atoms with Crippen molar-refractivity contribution in [3.63, 3.8) is 0 Å². The fourth-order valence-corrected chi connectivity index (χ4v) is 7.82. The number of alkyl halides is 6. The quantitative estimate of drug-likeness (QED) is 0.253. The van der Waals surface area contributed by atoms with Crippen LogP contribution in [-0.2, 0) is 23.9 Å². The monoisotopic (exact) mass is 676 g/mol. The Balaban J connectivity index is 1.44. The molecular weight excluding hydrogens is 634 g/mol. The molecule has 0 spiro atoms. The first kappa shape index (κ1) is 34.6. The Morgan fingerprint density at radius 3 is 2.17 bits per heavy atom. The molecule has 1 saturated heterocycles. The lowest BCUT2D eigenvalue weighted by atomic mass is 9.68. The van der Waals surface area contributed by atoms with Crippen molar-refractivity contribution in [3.8, 4) is 0 Å². The predicted molar refractivity (Wildman–Crippen MR) is 169 cm³/mol. The van der Waals surface area contributed by atoms with Crippen LogP contribution in [-0.4, -0.2) is 46.2 Å². The molecule has 2 fully saturated rings. The summed E-state index contributed by atoms with van der Waals surface area (Å²) in [6, 6.07) is 4.01. The zero-order chi connectivity index (χ0) is 34.4. The summed E-state index contributed by atoms with van der Waals surface area (Å²) in [5.74, 6) is -2.92. The minimum absolute atomic E-state index is 0.0287. The lowest BCUT2D eigenvalue weighted by Gasteiger charge is -2.41. The number of halogens is 6. The fourth-order valence-electron chi connectivity index (χ4n) is 7.82. The van der Waals surface area contributed by atoms with Crippen LogP contribution in [0.5, 0.6) is 0 Å². The number of nitrogens with zero attached hydrogens (tertiary/aromatic N) is 4. The molecule has 0 bridgehead atoms. The van der Waals surface area contributed by atoms with Gasteiger partial charge in [0.2, 0.25) is 11.9 Å². The molecule has 3 heterocycles. The van der Waals surface area contributed by atoms with Crippen LogP contribution < -0.4 is 4.90 Å². The maximum absolute atomic E-state index is 17.2. The largest absolute Gasteiger partial charge is 0.416 e. The maximum Gasteiger partial charge on any atom is 0.416 e. The number of pyridine rings is 1. The van der Waals surface area contributed by atoms with Crippen LogP contribution in [0.2, 0.25) is 0 Å². The highest BCUT2D eigenvalue weighted by Crippen LogP contribution is 2.52. The van der Waals surface area contributed by atoms with E-state index in [4.69, 9.17) is 9.72 Å². The van der Waals surface area contributed by atoms with Gasteiger partial charge in [0.25, 0.3) is 0 Å². The van der Waals surface area contributed by atoms with Gasteiger partial charge < -0.3 is 14.7 Å². The molecule has 0 amide bonds. The van der Waals surface area contributed by atoms with E-state index in [2.05, 4.69) is 9.97 Å². The summed E-state index contributed by atoms with van der Waals surface area (Å²) in [5, 5.41) is 11.6. The molecule has 6 rings (SSSR count). The summed E-state index contributed by atoms with van der Waals surface area (Å²) in [7, 11) is 1.60. The van der Waals surface area contributed by atoms with Crippen LogP contribution in [0.25, 0.3) is 0 Å². The van der Waals surface area contributed by atoms with Crippen LogP contribution >= 0.6 is 0 Å². The summed E-state index contributed by atoms with van der Waals surface area (Å²) in [4.78, 5) is 16.1. The van der Waals surface area contributed by atoms with Crippen molar-refractivity contribution < 1.29 is 36.2 Å². The van der Waals surface area contributed by atoms with Crippen LogP contribution in [0.15, 0.2) is 36.7 Å². The van der Waals surface area contributed by atoms with E-state index in [0.717, 1.165) is 29.8 Å². The Morgan fingerprint density at radius 2 is 1.58 bits per heavy atom. The van der Waals surface area contributed by atoms with E-state index in [1.54, 1.807) is 19.5 Å². The van der Waals surface area contributed by atoms with Gasteiger partial charge >= 0.3 is 6.18 Å². The van der Waals surface area contributed by atoms with Crippen molar-refractivity contribution in [2.45, 2.75) is 108 Å². The Kier molecular flexibility index (Phi) is 9.54. The number of anilines is 1. The predicted octanol–water partition coefficient (Wildman–Crippen LogP) is 8.78. The topological polar surface area (TPSA) is 71.4 Å². The molecule has 12 heteroatoms. The van der Waals surface area contributed by atoms with Crippen molar-refractivity contribution in [3.05, 3.63) is 81.4 Å². The van der Waals surface area contributed by atoms with Crippen molar-refractivity contribution in [1.29, 1.82) is 0 Å². The van der Waals surface area contributed by atoms with E-state index in [1.165, 1.54) is 0 Å². The van der Waals surface area contributed by atoms with Crippen LogP contribution in [0.3, 0.4) is 0 Å². The number of hydrogen-bond acceptors (Lipinski definition) is 6. The Labute approximate surface area is 277 Å². The van der Waals surface area contributed by atoms with Crippen molar-refractivity contribution in [2.24, 2.45) is 5.41 Å². The zero-order valence-electron chi connectivity index (χ0n) is 27.5. The Bertz CT molecular complexity index is 1580. The van der Waals surface area contributed by atoms with Gasteiger partial charge in [0.1, 0.15) is 0 Å². The summed E-state index contributed by atoms with van der Waals surface area (Å²) in [6.07, 6.45) is -2.40. The normalized spacial score (nSPS) is 22.4. The smallest absolute Gasteiger partial charge is 0.388 e. The van der Waals surface area contributed by atoms with Gasteiger partial charge in [-0.15, -0.1) is 0 Å². The van der Waals surface area contributed by atoms with Crippen molar-refractivity contribution >= 4 is 5.95 Å². The number of piperidine rings is 1. The van der Waals surface area contributed by atoms with Gasteiger partial charge in [0, 0.05) is 73.7 Å². The molecule has 1 aromatic carbocycles. The average molecular weight is 677 g/mol. The minimum atomic E-state index is -4.58. The number of aromatic nitrogens is 3. The summed E-state index contributed by atoms with van der Waals surface area (Å²) in [6.45, 7) is 5.58. The molecular formula is C36H42F6N4O2. The van der Waals surface area contributed by atoms with E-state index in [9.17, 15) is 27.1 Å². The molecule has 260 valence electrons. The van der Waals surface area contributed by atoms with E-state index in [-0.39, 0.29) is 48.1 Å². The number of fused-ring (bicyclic) bond motifs is 1. The molecule has 3 aromatic rings. The molecule has 6 nitrogen and oxygen atoms in total. The average Bonchev–Trinajstić information content (AvgIpc) is 3.03. The number of hydrogen-bond donors (Lipinski definition) is 1. The number of rotatable bonds is 7. The van der Waals surface area contributed by atoms with Gasteiger partial charge in [-0.3, -0.25) is 4.98 Å². The molecule has 1 saturated carbocycles. The van der Waals surface area contributed by atoms with Crippen molar-refractivity contribution in [2.75, 3.05) is 25.1 Å². The van der Waals surface area contributed by atoms with E-state index in [1.807, 2.05) is 18.7 Å². The molecule has 2 aromatic heterocycles. The molecule has 2 atom stereocenters. The van der Waals surface area contributed by atoms with E-state index >= 15 is 4.39 Å². The third-order valence-corrected chi connectivity index (χ3v) is 10.2. The van der Waals surface area contributed by atoms with E-state index in [0.29, 0.717) is 73.8 Å². The number of aliphatic hydroxyl groups excluding tert-OH is 1. The second kappa shape index (κ2) is 13.2. The lowest BCUT2D eigenvalue weighted by Crippen LogP contribution is -2.36. The number of aliphatic hydroxyl groups is 1. The first-order chi connectivity index (χ1) is 22.7. The molecule has 48 heavy (non-hydrogen) atoms. The highest BCUT2D eigenvalue weighted by molar-refractivity contribution is 5.51. The number of methoxy groups -OCH3 is 1. The van der Waals surface area contributed by atoms with Crippen LogP contribution in [0.1, 0.15) is 128 Å². The summed E-state index contributed by atoms with van der Waals surface area (Å²) in [5.41, 5.74) is 2.11. The maximum atomic E-state index is 17.2. The van der Waals surface area contributed by atoms with E-state index < -0.39 is 35.9 Å². The molecule has 1 N–H and O–H groups in total. The van der Waals surface area contributed by atoms with Gasteiger partial charge in [-0.25, -0.2) is 23.1 Å². The highest BCUT2D eigenvalue weighted by atomic mass is 19.4. The second-order valence-electron chi connectivity index (χ2n) is 14.4. The minimum Gasteiger partial charge on any atom is -0.388 e. The third-order valence-electron chi connectivity index (χ3n) is 10.2. The lowest BCUT2D eigenvalue weighted by molar-refractivity contribution is -0.137. The SMILES string of the molecule is COCc1cnc(N2CCC(c3nc4c(c(C5CCC(F)(F)CC5)c3C(F)c3ccc(C(F)(F)F)cc3)C(O)CC(C)(C)C4)CC2)nc1. The summed E-state index contributed by atoms with van der Waals surface area (Å²) < 4.78 is 91.4. The first-order valence-corrected chi connectivity index (χ1v) is 16.6. The standard InChI is InChI=1S/C36H42F6N4O2/c1-34(2)16-26-29(27(47)17-34)28(22-8-12-35(38,39)13-9-22)30(31(37)23-4-6-25(7-5-23)36(40,41)42)32(45-26)24-10-14-46(15-11-24)33-43-18-21(19-44-33)20-48-3/h4-7,18-19,22,24,27,31,47H,8-17,20H2,1-3H3. The number of ether oxygens (including phenoxy) is 1. The first-order valence-electron chi connectivity index (χ1n) is 16.6. The molecule has 2 aliphatic carbocycles. The molecule has 0 radical (unpaired) electrons. The highest BCUT2D eigenvalue weighted by Gasteiger charge is 2.43. The van der Waals surface area contributed by atoms with Crippen LogP contribution in [0, 0.1) is 5.41 Å². The van der Waals surface area contributed by atoms with Gasteiger partial charge in [-0.05, 0) is 73.1 Å².